The first kappa shape index (κ1) is 12.2. The third-order valence-electron chi connectivity index (χ3n) is 3.05. The Balaban J connectivity index is 2.12. The number of amides is 1. The molecule has 17 heavy (non-hydrogen) atoms. The highest BCUT2D eigenvalue weighted by atomic mass is 35.5. The van der Waals surface area contributed by atoms with Crippen molar-refractivity contribution in [3.8, 4) is 5.75 Å². The topological polar surface area (TPSA) is 53.4 Å². The number of halogens is 1. The predicted molar refractivity (Wildman–Crippen MR) is 65.2 cm³/mol. The van der Waals surface area contributed by atoms with Gasteiger partial charge in [0.25, 0.3) is 5.91 Å². The van der Waals surface area contributed by atoms with Crippen molar-refractivity contribution in [1.29, 1.82) is 0 Å². The molecule has 0 spiro atoms. The van der Waals surface area contributed by atoms with Crippen molar-refractivity contribution >= 4 is 17.5 Å². The fourth-order valence-electron chi connectivity index (χ4n) is 2.11. The number of hydrogen-bond donors (Lipinski definition) is 1. The molecule has 0 radical (unpaired) electrons. The first-order valence-corrected chi connectivity index (χ1v) is 6.24. The van der Waals surface area contributed by atoms with E-state index < -0.39 is 0 Å². The summed E-state index contributed by atoms with van der Waals surface area (Å²) in [6.07, 6.45) is 4.83. The molecule has 1 saturated heterocycles. The molecule has 4 nitrogen and oxygen atoms in total. The predicted octanol–water partition coefficient (Wildman–Crippen LogP) is 1.88. The monoisotopic (exact) mass is 254 g/mol. The quantitative estimate of drug-likeness (QED) is 0.820. The van der Waals surface area contributed by atoms with Gasteiger partial charge in [-0.2, -0.15) is 0 Å². The van der Waals surface area contributed by atoms with Crippen LogP contribution in [0.4, 0.5) is 0 Å². The average molecular weight is 255 g/mol. The van der Waals surface area contributed by atoms with Crippen molar-refractivity contribution in [2.24, 2.45) is 5.92 Å². The van der Waals surface area contributed by atoms with Gasteiger partial charge in [-0.25, -0.2) is 0 Å². The SMILES string of the molecule is O=C(c1ccncc1O)N1CCCC(CCl)C1. The molecule has 1 aliphatic rings. The lowest BCUT2D eigenvalue weighted by Crippen LogP contribution is -2.40. The lowest BCUT2D eigenvalue weighted by atomic mass is 9.99. The van der Waals surface area contributed by atoms with Crippen LogP contribution in [-0.2, 0) is 0 Å². The Kier molecular flexibility index (Phi) is 3.84. The van der Waals surface area contributed by atoms with Crippen molar-refractivity contribution in [1.82, 2.24) is 9.88 Å². The van der Waals surface area contributed by atoms with Gasteiger partial charge in [-0.3, -0.25) is 9.78 Å². The van der Waals surface area contributed by atoms with E-state index in [0.29, 0.717) is 23.9 Å². The third-order valence-corrected chi connectivity index (χ3v) is 3.49. The van der Waals surface area contributed by atoms with Crippen LogP contribution in [0.25, 0.3) is 0 Å². The van der Waals surface area contributed by atoms with Crippen LogP contribution < -0.4 is 0 Å². The van der Waals surface area contributed by atoms with Gasteiger partial charge < -0.3 is 10.0 Å². The average Bonchev–Trinajstić information content (AvgIpc) is 2.38. The highest BCUT2D eigenvalue weighted by Gasteiger charge is 2.25. The summed E-state index contributed by atoms with van der Waals surface area (Å²) in [6, 6.07) is 1.54. The van der Waals surface area contributed by atoms with Crippen molar-refractivity contribution in [3.63, 3.8) is 0 Å². The maximum absolute atomic E-state index is 12.2. The van der Waals surface area contributed by atoms with Gasteiger partial charge >= 0.3 is 0 Å². The van der Waals surface area contributed by atoms with Crippen LogP contribution in [0.1, 0.15) is 23.2 Å². The Hall–Kier alpha value is -1.29. The molecule has 1 atom stereocenters. The number of alkyl halides is 1. The maximum atomic E-state index is 12.2. The largest absolute Gasteiger partial charge is 0.505 e. The summed E-state index contributed by atoms with van der Waals surface area (Å²) in [7, 11) is 0. The van der Waals surface area contributed by atoms with Crippen molar-refractivity contribution in [3.05, 3.63) is 24.0 Å². The molecule has 1 aliphatic heterocycles. The molecular weight excluding hydrogens is 240 g/mol. The van der Waals surface area contributed by atoms with Gasteiger partial charge in [-0.1, -0.05) is 0 Å². The van der Waals surface area contributed by atoms with Crippen molar-refractivity contribution in [2.75, 3.05) is 19.0 Å². The molecule has 5 heteroatoms. The lowest BCUT2D eigenvalue weighted by molar-refractivity contribution is 0.0681. The number of nitrogens with zero attached hydrogens (tertiary/aromatic N) is 2. The number of likely N-dealkylation sites (tertiary alicyclic amines) is 1. The van der Waals surface area contributed by atoms with E-state index >= 15 is 0 Å². The Morgan fingerprint density at radius 3 is 3.18 bits per heavy atom. The number of aromatic nitrogens is 1. The Bertz CT molecular complexity index is 411. The number of piperidine rings is 1. The zero-order valence-corrected chi connectivity index (χ0v) is 10.2. The third kappa shape index (κ3) is 2.69. The van der Waals surface area contributed by atoms with Gasteiger partial charge in [0.1, 0.15) is 5.75 Å². The molecule has 1 N–H and O–H groups in total. The molecule has 1 fully saturated rings. The van der Waals surface area contributed by atoms with E-state index in [2.05, 4.69) is 4.98 Å². The van der Waals surface area contributed by atoms with Gasteiger partial charge in [0.05, 0.1) is 11.8 Å². The minimum atomic E-state index is -0.139. The van der Waals surface area contributed by atoms with E-state index in [1.54, 1.807) is 11.0 Å². The second kappa shape index (κ2) is 5.36. The van der Waals surface area contributed by atoms with E-state index in [-0.39, 0.29) is 11.7 Å². The molecule has 2 rings (SSSR count). The second-order valence-corrected chi connectivity index (χ2v) is 4.62. The fraction of sp³-hybridized carbons (Fsp3) is 0.500. The minimum absolute atomic E-state index is 0.0644. The van der Waals surface area contributed by atoms with E-state index in [0.717, 1.165) is 19.4 Å². The number of hydrogen-bond acceptors (Lipinski definition) is 3. The number of carbonyl (C=O) groups excluding carboxylic acids is 1. The zero-order chi connectivity index (χ0) is 12.3. The van der Waals surface area contributed by atoms with Crippen LogP contribution in [0, 0.1) is 5.92 Å². The normalized spacial score (nSPS) is 20.3. The zero-order valence-electron chi connectivity index (χ0n) is 9.47. The van der Waals surface area contributed by atoms with Crippen LogP contribution >= 0.6 is 11.6 Å². The second-order valence-electron chi connectivity index (χ2n) is 4.31. The molecule has 1 aromatic heterocycles. The summed E-state index contributed by atoms with van der Waals surface area (Å²) >= 11 is 5.83. The van der Waals surface area contributed by atoms with Gasteiger partial charge in [-0.15, -0.1) is 11.6 Å². The molecule has 0 bridgehead atoms. The maximum Gasteiger partial charge on any atom is 0.257 e. The van der Waals surface area contributed by atoms with E-state index in [1.165, 1.54) is 12.4 Å². The van der Waals surface area contributed by atoms with Gasteiger partial charge in [-0.05, 0) is 24.8 Å². The van der Waals surface area contributed by atoms with Crippen LogP contribution in [0.15, 0.2) is 18.5 Å². The molecule has 92 valence electrons. The molecule has 2 heterocycles. The lowest BCUT2D eigenvalue weighted by Gasteiger charge is -2.31. The number of aromatic hydroxyl groups is 1. The van der Waals surface area contributed by atoms with Crippen LogP contribution in [0.3, 0.4) is 0 Å². The van der Waals surface area contributed by atoms with Crippen LogP contribution in [-0.4, -0.2) is 39.9 Å². The van der Waals surface area contributed by atoms with Crippen molar-refractivity contribution in [2.45, 2.75) is 12.8 Å². The van der Waals surface area contributed by atoms with Crippen molar-refractivity contribution < 1.29 is 9.90 Å². The Morgan fingerprint density at radius 2 is 2.47 bits per heavy atom. The van der Waals surface area contributed by atoms with E-state index in [4.69, 9.17) is 11.6 Å². The fourth-order valence-corrected chi connectivity index (χ4v) is 2.36. The summed E-state index contributed by atoms with van der Waals surface area (Å²) < 4.78 is 0. The first-order chi connectivity index (χ1) is 8.22. The standard InChI is InChI=1S/C12H15ClN2O2/c13-6-9-2-1-5-15(8-9)12(17)10-3-4-14-7-11(10)16/h3-4,7,9,16H,1-2,5-6,8H2. The molecule has 1 amide bonds. The minimum Gasteiger partial charge on any atom is -0.505 e. The summed E-state index contributed by atoms with van der Waals surface area (Å²) in [4.78, 5) is 17.7. The van der Waals surface area contributed by atoms with E-state index in [1.807, 2.05) is 0 Å². The summed E-state index contributed by atoms with van der Waals surface area (Å²) in [5, 5.41) is 9.60. The van der Waals surface area contributed by atoms with Gasteiger partial charge in [0, 0.05) is 25.2 Å². The Morgan fingerprint density at radius 1 is 1.65 bits per heavy atom. The Labute approximate surface area is 105 Å². The van der Waals surface area contributed by atoms with E-state index in [9.17, 15) is 9.90 Å². The first-order valence-electron chi connectivity index (χ1n) is 5.70. The highest BCUT2D eigenvalue weighted by molar-refractivity contribution is 6.18. The molecule has 0 saturated carbocycles. The summed E-state index contributed by atoms with van der Waals surface area (Å²) in [6.45, 7) is 1.40. The van der Waals surface area contributed by atoms with Gasteiger partial charge in [0.15, 0.2) is 0 Å². The molecular formula is C12H15ClN2O2. The molecule has 1 unspecified atom stereocenters. The van der Waals surface area contributed by atoms with Crippen LogP contribution in [0.5, 0.6) is 5.75 Å². The number of rotatable bonds is 2. The molecule has 0 aromatic carbocycles. The van der Waals surface area contributed by atoms with Gasteiger partial charge in [0.2, 0.25) is 0 Å². The number of carbonyl (C=O) groups is 1. The smallest absolute Gasteiger partial charge is 0.257 e. The molecule has 0 aliphatic carbocycles. The summed E-state index contributed by atoms with van der Waals surface area (Å²) in [5.74, 6) is 0.732. The number of pyridine rings is 1. The summed E-state index contributed by atoms with van der Waals surface area (Å²) in [5.41, 5.74) is 0.315. The van der Waals surface area contributed by atoms with Crippen LogP contribution in [0.2, 0.25) is 0 Å². The highest BCUT2D eigenvalue weighted by Crippen LogP contribution is 2.22. The molecule has 1 aromatic rings.